The van der Waals surface area contributed by atoms with E-state index < -0.39 is 34.5 Å². The van der Waals surface area contributed by atoms with Gasteiger partial charge in [0.1, 0.15) is 12.6 Å². The van der Waals surface area contributed by atoms with Crippen molar-refractivity contribution in [2.24, 2.45) is 22.2 Å². The molecule has 0 heterocycles. The van der Waals surface area contributed by atoms with Crippen LogP contribution < -0.4 is 17.2 Å². The zero-order valence-electron chi connectivity index (χ0n) is 20.2. The number of nitrogens with two attached hydrogens (primary N) is 3. The van der Waals surface area contributed by atoms with Crippen molar-refractivity contribution in [1.29, 1.82) is 0 Å². The minimum absolute atomic E-state index is 0.0138. The maximum atomic E-state index is 13.3. The Kier molecular flexibility index (Phi) is 10.1. The van der Waals surface area contributed by atoms with E-state index in [0.717, 1.165) is 26.2 Å². The number of sulfonamides is 1. The zero-order valence-corrected chi connectivity index (χ0v) is 21.0. The Balaban J connectivity index is 2.14. The third-order valence-electron chi connectivity index (χ3n) is 5.40. The second-order valence-electron chi connectivity index (χ2n) is 8.13. The van der Waals surface area contributed by atoms with Gasteiger partial charge in [-0.1, -0.05) is 18.2 Å². The summed E-state index contributed by atoms with van der Waals surface area (Å²) in [6.45, 7) is 3.44. The van der Waals surface area contributed by atoms with Gasteiger partial charge in [0.2, 0.25) is 10.0 Å². The lowest BCUT2D eigenvalue weighted by molar-refractivity contribution is -0.160. The number of ether oxygens (including phenoxy) is 2. The summed E-state index contributed by atoms with van der Waals surface area (Å²) in [4.78, 5) is 28.4. The lowest BCUT2D eigenvalue weighted by Crippen LogP contribution is -2.41. The summed E-state index contributed by atoms with van der Waals surface area (Å²) in [5, 5.41) is 1.65. The minimum Gasteiger partial charge on any atom is -0.391 e. The van der Waals surface area contributed by atoms with Crippen LogP contribution in [0, 0.1) is 13.8 Å². The summed E-state index contributed by atoms with van der Waals surface area (Å²) in [7, 11) is -2.68. The van der Waals surface area contributed by atoms with Gasteiger partial charge in [0.05, 0.1) is 11.5 Å². The highest BCUT2D eigenvalue weighted by Crippen LogP contribution is 2.24. The molecule has 11 nitrogen and oxygen atoms in total. The van der Waals surface area contributed by atoms with Gasteiger partial charge in [-0.2, -0.15) is 4.31 Å². The van der Waals surface area contributed by atoms with Crippen LogP contribution in [0.3, 0.4) is 0 Å². The van der Waals surface area contributed by atoms with E-state index in [1.165, 1.54) is 13.2 Å². The second kappa shape index (κ2) is 12.6. The topological polar surface area (TPSA) is 180 Å². The van der Waals surface area contributed by atoms with Crippen LogP contribution in [0.2, 0.25) is 0 Å². The van der Waals surface area contributed by atoms with E-state index in [9.17, 15) is 18.0 Å². The molecule has 0 saturated carbocycles. The Hall–Kier alpha value is -3.06. The summed E-state index contributed by atoms with van der Waals surface area (Å²) in [5.41, 5.74) is 18.3. The van der Waals surface area contributed by atoms with Crippen LogP contribution in [0.1, 0.15) is 24.0 Å². The number of hydrogen-bond acceptors (Lipinski definition) is 8. The van der Waals surface area contributed by atoms with Crippen molar-refractivity contribution in [3.8, 4) is 0 Å². The fraction of sp³-hybridized carbons (Fsp3) is 0.435. The molecule has 0 radical (unpaired) electrons. The molecule has 2 rings (SSSR count). The number of guanidine groups is 1. The number of methoxy groups -OCH3 is 1. The van der Waals surface area contributed by atoms with Crippen LogP contribution in [-0.2, 0) is 29.1 Å². The van der Waals surface area contributed by atoms with Gasteiger partial charge in [-0.3, -0.25) is 9.79 Å². The van der Waals surface area contributed by atoms with E-state index in [1.807, 2.05) is 26.0 Å². The van der Waals surface area contributed by atoms with Gasteiger partial charge in [-0.25, -0.2) is 13.2 Å². The minimum atomic E-state index is -4.09. The van der Waals surface area contributed by atoms with Crippen LogP contribution >= 0.6 is 0 Å². The van der Waals surface area contributed by atoms with Gasteiger partial charge in [0, 0.05) is 20.2 Å². The molecule has 0 bridgehead atoms. The number of benzene rings is 2. The number of fused-ring (bicyclic) bond motifs is 1. The van der Waals surface area contributed by atoms with Crippen LogP contribution in [0.25, 0.3) is 10.8 Å². The van der Waals surface area contributed by atoms with Crippen LogP contribution in [0.15, 0.2) is 40.2 Å². The predicted octanol–water partition coefficient (Wildman–Crippen LogP) is 0.544. The summed E-state index contributed by atoms with van der Waals surface area (Å²) in [5.74, 6) is -2.08. The van der Waals surface area contributed by atoms with Crippen LogP contribution in [-0.4, -0.2) is 70.0 Å². The van der Waals surface area contributed by atoms with E-state index in [2.05, 4.69) is 4.99 Å². The Labute approximate surface area is 205 Å². The average molecular weight is 508 g/mol. The van der Waals surface area contributed by atoms with Crippen LogP contribution in [0.5, 0.6) is 0 Å². The lowest BCUT2D eigenvalue weighted by atomic mass is 10.0. The lowest BCUT2D eigenvalue weighted by Gasteiger charge is -2.21. The second-order valence-corrected chi connectivity index (χ2v) is 10.1. The van der Waals surface area contributed by atoms with E-state index in [4.69, 9.17) is 26.7 Å². The average Bonchev–Trinajstić information content (AvgIpc) is 2.79. The molecule has 0 amide bonds. The van der Waals surface area contributed by atoms with Gasteiger partial charge in [-0.15, -0.1) is 0 Å². The molecule has 2 aromatic rings. The molecule has 0 saturated heterocycles. The number of aliphatic imine (C=N–C) groups is 1. The fourth-order valence-electron chi connectivity index (χ4n) is 3.29. The first-order valence-corrected chi connectivity index (χ1v) is 12.4. The molecular formula is C23H33N5O6S. The van der Waals surface area contributed by atoms with Crippen molar-refractivity contribution in [3.63, 3.8) is 0 Å². The van der Waals surface area contributed by atoms with E-state index in [-0.39, 0.29) is 37.0 Å². The molecule has 192 valence electrons. The quantitative estimate of drug-likeness (QED) is 0.121. The SMILES string of the molecule is COCCN(CC(=O)OC(=O)[C@@H](N)CCCN=C(N)N)S(=O)(=O)c1ccc2cc(C)c(C)cc2c1. The molecule has 0 aromatic heterocycles. The number of carbonyl (C=O) groups is 2. The first-order chi connectivity index (χ1) is 16.4. The van der Waals surface area contributed by atoms with Gasteiger partial charge >= 0.3 is 11.9 Å². The standard InChI is InChI=1S/C23H33N5O6S/c1-15-11-17-6-7-19(13-18(17)12-16(15)2)35(31,32)28(9-10-33-3)14-21(29)34-22(30)20(24)5-4-8-27-23(25)26/h6-7,11-13,20H,4-5,8-10,14,24H2,1-3H3,(H4,25,26,27)/t20-/m0/s1. The zero-order chi connectivity index (χ0) is 26.2. The molecule has 0 aliphatic rings. The summed E-state index contributed by atoms with van der Waals surface area (Å²) < 4.78 is 37.4. The molecule has 12 heteroatoms. The van der Waals surface area contributed by atoms with Gasteiger partial charge in [0.25, 0.3) is 0 Å². The van der Waals surface area contributed by atoms with Gasteiger partial charge in [-0.05, 0) is 60.7 Å². The Morgan fingerprint density at radius 2 is 1.74 bits per heavy atom. The highest BCUT2D eigenvalue weighted by molar-refractivity contribution is 7.89. The number of esters is 2. The van der Waals surface area contributed by atoms with Crippen molar-refractivity contribution in [2.75, 3.05) is 33.4 Å². The predicted molar refractivity (Wildman–Crippen MR) is 133 cm³/mol. The molecule has 6 N–H and O–H groups in total. The van der Waals surface area contributed by atoms with Crippen molar-refractivity contribution in [1.82, 2.24) is 4.31 Å². The number of aryl methyl sites for hydroxylation is 2. The molecule has 0 aliphatic carbocycles. The van der Waals surface area contributed by atoms with Crippen molar-refractivity contribution in [3.05, 3.63) is 41.5 Å². The Morgan fingerprint density at radius 1 is 1.09 bits per heavy atom. The highest BCUT2D eigenvalue weighted by atomic mass is 32.2. The molecule has 1 atom stereocenters. The molecule has 0 spiro atoms. The smallest absolute Gasteiger partial charge is 0.330 e. The summed E-state index contributed by atoms with van der Waals surface area (Å²) >= 11 is 0. The van der Waals surface area contributed by atoms with Crippen molar-refractivity contribution < 1.29 is 27.5 Å². The third-order valence-corrected chi connectivity index (χ3v) is 7.24. The van der Waals surface area contributed by atoms with Gasteiger partial charge < -0.3 is 26.7 Å². The summed E-state index contributed by atoms with van der Waals surface area (Å²) in [6.07, 6.45) is 0.586. The summed E-state index contributed by atoms with van der Waals surface area (Å²) in [6, 6.07) is 7.56. The number of carbonyl (C=O) groups excluding carboxylic acids is 2. The monoisotopic (exact) mass is 507 g/mol. The normalized spacial score (nSPS) is 12.5. The molecule has 0 unspecified atom stereocenters. The highest BCUT2D eigenvalue weighted by Gasteiger charge is 2.29. The maximum absolute atomic E-state index is 13.3. The molecule has 0 fully saturated rings. The van der Waals surface area contributed by atoms with Gasteiger partial charge in [0.15, 0.2) is 5.96 Å². The number of nitrogens with zero attached hydrogens (tertiary/aromatic N) is 2. The number of hydrogen-bond donors (Lipinski definition) is 3. The Bertz CT molecular complexity index is 1190. The van der Waals surface area contributed by atoms with Crippen LogP contribution in [0.4, 0.5) is 0 Å². The third kappa shape index (κ3) is 7.99. The maximum Gasteiger partial charge on any atom is 0.330 e. The molecule has 35 heavy (non-hydrogen) atoms. The van der Waals surface area contributed by atoms with E-state index >= 15 is 0 Å². The molecular weight excluding hydrogens is 474 g/mol. The first-order valence-electron chi connectivity index (χ1n) is 11.0. The Morgan fingerprint density at radius 3 is 2.37 bits per heavy atom. The van der Waals surface area contributed by atoms with Crippen molar-refractivity contribution in [2.45, 2.75) is 37.6 Å². The first kappa shape index (κ1) is 28.2. The molecule has 2 aromatic carbocycles. The number of rotatable bonds is 12. The van der Waals surface area contributed by atoms with E-state index in [0.29, 0.717) is 6.42 Å². The van der Waals surface area contributed by atoms with Crippen molar-refractivity contribution >= 4 is 38.7 Å². The molecule has 0 aliphatic heterocycles. The largest absolute Gasteiger partial charge is 0.391 e. The van der Waals surface area contributed by atoms with E-state index in [1.54, 1.807) is 12.1 Å². The fourth-order valence-corrected chi connectivity index (χ4v) is 4.70.